The second kappa shape index (κ2) is 2.40. The van der Waals surface area contributed by atoms with E-state index in [4.69, 9.17) is 0 Å². The maximum absolute atomic E-state index is 13.3. The Kier molecular flexibility index (Phi) is 1.55. The summed E-state index contributed by atoms with van der Waals surface area (Å²) in [5.41, 5.74) is 0.206. The topological polar surface area (TPSA) is 3.24 Å². The number of fused-ring (bicyclic) bond motifs is 1. The van der Waals surface area contributed by atoms with Gasteiger partial charge in [0.1, 0.15) is 5.69 Å². The lowest BCUT2D eigenvalue weighted by Gasteiger charge is -2.13. The van der Waals surface area contributed by atoms with Gasteiger partial charge in [0.2, 0.25) is 0 Å². The minimum atomic E-state index is -1.08. The molecule has 0 bridgehead atoms. The fourth-order valence-corrected chi connectivity index (χ4v) is 1.42. The van der Waals surface area contributed by atoms with E-state index in [0.717, 1.165) is 0 Å². The predicted octanol–water partition coefficient (Wildman–Crippen LogP) is 2.07. The molecule has 1 aliphatic rings. The molecule has 1 aromatic rings. The van der Waals surface area contributed by atoms with Gasteiger partial charge >= 0.3 is 0 Å². The summed E-state index contributed by atoms with van der Waals surface area (Å²) in [4.78, 5) is 1.24. The molecule has 0 aliphatic heterocycles. The van der Waals surface area contributed by atoms with Crippen LogP contribution in [-0.4, -0.2) is 14.1 Å². The van der Waals surface area contributed by atoms with Gasteiger partial charge < -0.3 is 4.90 Å². The van der Waals surface area contributed by atoms with E-state index < -0.39 is 17.5 Å². The van der Waals surface area contributed by atoms with Crippen LogP contribution in [0.25, 0.3) is 0 Å². The van der Waals surface area contributed by atoms with Crippen molar-refractivity contribution in [2.24, 2.45) is 0 Å². The highest BCUT2D eigenvalue weighted by Crippen LogP contribution is 2.40. The zero-order valence-electron chi connectivity index (χ0n) is 7.29. The lowest BCUT2D eigenvalue weighted by molar-refractivity contribution is 0.497. The van der Waals surface area contributed by atoms with E-state index >= 15 is 0 Å². The summed E-state index contributed by atoms with van der Waals surface area (Å²) in [5, 5.41) is 0. The Balaban J connectivity index is 2.69. The van der Waals surface area contributed by atoms with E-state index in [-0.39, 0.29) is 17.7 Å². The van der Waals surface area contributed by atoms with Crippen molar-refractivity contribution in [1.82, 2.24) is 0 Å². The van der Waals surface area contributed by atoms with Crippen LogP contribution in [-0.2, 0) is 6.42 Å². The van der Waals surface area contributed by atoms with Gasteiger partial charge in [-0.2, -0.15) is 0 Å². The average molecular weight is 187 g/mol. The van der Waals surface area contributed by atoms with Crippen LogP contribution in [0.3, 0.4) is 0 Å². The van der Waals surface area contributed by atoms with Crippen LogP contribution < -0.4 is 4.90 Å². The zero-order chi connectivity index (χ0) is 9.75. The molecule has 13 heavy (non-hydrogen) atoms. The lowest BCUT2D eigenvalue weighted by atomic mass is 10.2. The molecule has 0 aromatic heterocycles. The first-order valence-corrected chi connectivity index (χ1v) is 3.89. The van der Waals surface area contributed by atoms with Gasteiger partial charge in [0.15, 0.2) is 17.5 Å². The number of rotatable bonds is 1. The molecule has 1 aliphatic carbocycles. The minimum absolute atomic E-state index is 0.181. The number of benzene rings is 1. The molecule has 0 saturated carbocycles. The molecule has 0 fully saturated rings. The standard InChI is InChI=1S/C9H8F3N/c1-13(2)9-7(11)5-3-4(5)6(10)8(9)12/h3H2,1-2H3. The summed E-state index contributed by atoms with van der Waals surface area (Å²) in [6, 6.07) is 0. The first kappa shape index (κ1) is 8.41. The van der Waals surface area contributed by atoms with Crippen LogP contribution in [0, 0.1) is 17.5 Å². The highest BCUT2D eigenvalue weighted by molar-refractivity contribution is 5.60. The van der Waals surface area contributed by atoms with E-state index in [2.05, 4.69) is 0 Å². The highest BCUT2D eigenvalue weighted by atomic mass is 19.2. The molecule has 70 valence electrons. The number of halogens is 3. The van der Waals surface area contributed by atoms with E-state index in [0.29, 0.717) is 5.56 Å². The third-order valence-corrected chi connectivity index (χ3v) is 2.18. The SMILES string of the molecule is CN(C)c1c(F)c(F)c2c(c1F)C2. The summed E-state index contributed by atoms with van der Waals surface area (Å²) in [6.45, 7) is 0. The molecule has 0 unspecified atom stereocenters. The van der Waals surface area contributed by atoms with E-state index in [1.807, 2.05) is 0 Å². The fraction of sp³-hybridized carbons (Fsp3) is 0.333. The maximum atomic E-state index is 13.3. The summed E-state index contributed by atoms with van der Waals surface area (Å²) in [7, 11) is 2.96. The van der Waals surface area contributed by atoms with Crippen molar-refractivity contribution in [3.63, 3.8) is 0 Å². The Hall–Kier alpha value is -1.19. The Morgan fingerprint density at radius 2 is 1.46 bits per heavy atom. The number of nitrogens with zero attached hydrogens (tertiary/aromatic N) is 1. The summed E-state index contributed by atoms with van der Waals surface area (Å²) in [6.07, 6.45) is 0.239. The fourth-order valence-electron chi connectivity index (χ4n) is 1.42. The number of hydrogen-bond acceptors (Lipinski definition) is 1. The van der Waals surface area contributed by atoms with Gasteiger partial charge in [0, 0.05) is 31.6 Å². The molecule has 1 aromatic carbocycles. The largest absolute Gasteiger partial charge is 0.373 e. The first-order chi connectivity index (χ1) is 6.04. The molecule has 1 nitrogen and oxygen atoms in total. The molecule has 0 spiro atoms. The zero-order valence-corrected chi connectivity index (χ0v) is 7.29. The molecule has 0 N–H and O–H groups in total. The van der Waals surface area contributed by atoms with Crippen molar-refractivity contribution in [1.29, 1.82) is 0 Å². The second-order valence-electron chi connectivity index (χ2n) is 3.32. The quantitative estimate of drug-likeness (QED) is 0.618. The molecule has 0 amide bonds. The van der Waals surface area contributed by atoms with Crippen LogP contribution in [0.2, 0.25) is 0 Å². The van der Waals surface area contributed by atoms with Gasteiger partial charge in [-0.3, -0.25) is 0 Å². The molecule has 0 saturated heterocycles. The van der Waals surface area contributed by atoms with Gasteiger partial charge in [-0.1, -0.05) is 0 Å². The van der Waals surface area contributed by atoms with Gasteiger partial charge in [0.05, 0.1) is 0 Å². The molecular weight excluding hydrogens is 179 g/mol. The number of anilines is 1. The normalized spacial score (nSPS) is 12.7. The summed E-state index contributed by atoms with van der Waals surface area (Å²) < 4.78 is 39.5. The van der Waals surface area contributed by atoms with Crippen molar-refractivity contribution >= 4 is 5.69 Å². The van der Waals surface area contributed by atoms with Crippen LogP contribution in [0.15, 0.2) is 0 Å². The average Bonchev–Trinajstić information content (AvgIpc) is 2.79. The molecule has 2 rings (SSSR count). The maximum Gasteiger partial charge on any atom is 0.185 e. The van der Waals surface area contributed by atoms with E-state index in [9.17, 15) is 13.2 Å². The summed E-state index contributed by atoms with van der Waals surface area (Å²) in [5.74, 6) is -2.61. The Labute approximate surface area is 73.8 Å². The highest BCUT2D eigenvalue weighted by Gasteiger charge is 2.33. The smallest absolute Gasteiger partial charge is 0.185 e. The molecule has 0 heterocycles. The van der Waals surface area contributed by atoms with Gasteiger partial charge in [0.25, 0.3) is 0 Å². The van der Waals surface area contributed by atoms with Crippen LogP contribution in [0.4, 0.5) is 18.9 Å². The van der Waals surface area contributed by atoms with Crippen molar-refractivity contribution in [3.8, 4) is 0 Å². The minimum Gasteiger partial charge on any atom is -0.373 e. The Morgan fingerprint density at radius 3 is 2.00 bits per heavy atom. The third kappa shape index (κ3) is 1.01. The molecule has 4 heteroatoms. The van der Waals surface area contributed by atoms with E-state index in [1.165, 1.54) is 19.0 Å². The van der Waals surface area contributed by atoms with E-state index in [1.54, 1.807) is 0 Å². The van der Waals surface area contributed by atoms with Crippen molar-refractivity contribution in [3.05, 3.63) is 28.6 Å². The lowest BCUT2D eigenvalue weighted by Crippen LogP contribution is -2.13. The van der Waals surface area contributed by atoms with Gasteiger partial charge in [-0.15, -0.1) is 0 Å². The second-order valence-corrected chi connectivity index (χ2v) is 3.32. The third-order valence-electron chi connectivity index (χ3n) is 2.18. The molecular formula is C9H8F3N. The Bertz CT molecular complexity index is 385. The molecule has 0 atom stereocenters. The first-order valence-electron chi connectivity index (χ1n) is 3.89. The monoisotopic (exact) mass is 187 g/mol. The van der Waals surface area contributed by atoms with Crippen LogP contribution in [0.1, 0.15) is 11.1 Å². The van der Waals surface area contributed by atoms with Crippen molar-refractivity contribution in [2.45, 2.75) is 6.42 Å². The van der Waals surface area contributed by atoms with Crippen molar-refractivity contribution < 1.29 is 13.2 Å². The summed E-state index contributed by atoms with van der Waals surface area (Å²) >= 11 is 0. The predicted molar refractivity (Wildman–Crippen MR) is 43.4 cm³/mol. The Morgan fingerprint density at radius 1 is 0.923 bits per heavy atom. The van der Waals surface area contributed by atoms with Crippen LogP contribution in [0.5, 0.6) is 0 Å². The van der Waals surface area contributed by atoms with Gasteiger partial charge in [-0.05, 0) is 0 Å². The van der Waals surface area contributed by atoms with Crippen LogP contribution >= 0.6 is 0 Å². The number of hydrogen-bond donors (Lipinski definition) is 0. The van der Waals surface area contributed by atoms with Crippen molar-refractivity contribution in [2.75, 3.05) is 19.0 Å². The van der Waals surface area contributed by atoms with Gasteiger partial charge in [-0.25, -0.2) is 13.2 Å². The molecule has 0 radical (unpaired) electrons.